The van der Waals surface area contributed by atoms with Crippen molar-refractivity contribution < 1.29 is 19.1 Å². The van der Waals surface area contributed by atoms with Gasteiger partial charge in [-0.05, 0) is 65.9 Å². The fraction of sp³-hybridized carbons (Fsp3) is 0.750. The van der Waals surface area contributed by atoms with E-state index in [1.807, 2.05) is 0 Å². The average molecular weight is 334 g/mol. The minimum Gasteiger partial charge on any atom is -0.372 e. The van der Waals surface area contributed by atoms with Crippen LogP contribution in [0.25, 0.3) is 0 Å². The zero-order valence-electron chi connectivity index (χ0n) is 15.8. The highest BCUT2D eigenvalue weighted by atomic mass is 16.5. The maximum atomic E-state index is 12.5. The molecule has 0 N–H and O–H groups in total. The van der Waals surface area contributed by atoms with E-state index in [9.17, 15) is 14.4 Å². The van der Waals surface area contributed by atoms with E-state index in [2.05, 4.69) is 27.7 Å². The van der Waals surface area contributed by atoms with Crippen LogP contribution in [0.2, 0.25) is 0 Å². The second-order valence-corrected chi connectivity index (χ2v) is 8.53. The van der Waals surface area contributed by atoms with E-state index in [0.717, 1.165) is 30.4 Å². The molecular formula is C20H30O4. The Hall–Kier alpha value is -1.29. The Morgan fingerprint density at radius 1 is 1.21 bits per heavy atom. The zero-order chi connectivity index (χ0) is 18.3. The number of fused-ring (bicyclic) bond motifs is 1. The van der Waals surface area contributed by atoms with E-state index in [0.29, 0.717) is 6.42 Å². The summed E-state index contributed by atoms with van der Waals surface area (Å²) in [4.78, 5) is 36.2. The van der Waals surface area contributed by atoms with Gasteiger partial charge < -0.3 is 4.74 Å². The van der Waals surface area contributed by atoms with Crippen LogP contribution < -0.4 is 0 Å². The normalized spacial score (nSPS) is 27.6. The highest BCUT2D eigenvalue weighted by Gasteiger charge is 2.49. The fourth-order valence-electron chi connectivity index (χ4n) is 4.20. The summed E-state index contributed by atoms with van der Waals surface area (Å²) in [5.41, 5.74) is 1.46. The van der Waals surface area contributed by atoms with Crippen molar-refractivity contribution in [3.8, 4) is 0 Å². The molecule has 0 radical (unpaired) electrons. The second-order valence-electron chi connectivity index (χ2n) is 8.53. The topological polar surface area (TPSA) is 60.4 Å². The molecule has 2 rings (SSSR count). The van der Waals surface area contributed by atoms with Gasteiger partial charge in [-0.2, -0.15) is 0 Å². The molecule has 0 heterocycles. The molecule has 0 amide bonds. The molecule has 24 heavy (non-hydrogen) atoms. The summed E-state index contributed by atoms with van der Waals surface area (Å²) < 4.78 is 6.28. The summed E-state index contributed by atoms with van der Waals surface area (Å²) in [6.07, 6.45) is 3.32. The number of carbonyl (C=O) groups excluding carboxylic acids is 3. The van der Waals surface area contributed by atoms with Crippen molar-refractivity contribution in [2.75, 3.05) is 0 Å². The van der Waals surface area contributed by atoms with Gasteiger partial charge in [0, 0.05) is 11.8 Å². The molecule has 0 bridgehead atoms. The Bertz CT molecular complexity index is 579. The minimum atomic E-state index is -0.693. The molecule has 0 aromatic rings. The molecule has 4 heteroatoms. The van der Waals surface area contributed by atoms with Crippen LogP contribution in [0, 0.1) is 11.3 Å². The van der Waals surface area contributed by atoms with Crippen molar-refractivity contribution in [1.82, 2.24) is 0 Å². The summed E-state index contributed by atoms with van der Waals surface area (Å²) in [6.45, 7) is 11.2. The smallest absolute Gasteiger partial charge is 0.158 e. The van der Waals surface area contributed by atoms with Gasteiger partial charge in [-0.25, -0.2) is 0 Å². The molecule has 2 aliphatic carbocycles. The summed E-state index contributed by atoms with van der Waals surface area (Å²) in [6, 6.07) is 0. The molecule has 1 saturated carbocycles. The van der Waals surface area contributed by atoms with Gasteiger partial charge in [-0.3, -0.25) is 14.4 Å². The minimum absolute atomic E-state index is 0.0868. The number of ketones is 3. The Morgan fingerprint density at radius 2 is 1.79 bits per heavy atom. The number of ether oxygens (including phenoxy) is 1. The van der Waals surface area contributed by atoms with Crippen LogP contribution in [0.5, 0.6) is 0 Å². The zero-order valence-corrected chi connectivity index (χ0v) is 15.8. The van der Waals surface area contributed by atoms with Crippen molar-refractivity contribution in [2.45, 2.75) is 85.4 Å². The number of hydrogen-bond acceptors (Lipinski definition) is 4. The van der Waals surface area contributed by atoms with E-state index in [-0.39, 0.29) is 40.9 Å². The number of carbonyl (C=O) groups is 3. The molecule has 2 aliphatic rings. The molecule has 0 aromatic heterocycles. The molecule has 0 spiro atoms. The molecule has 2 atom stereocenters. The van der Waals surface area contributed by atoms with Gasteiger partial charge in [0.1, 0.15) is 11.6 Å². The van der Waals surface area contributed by atoms with Gasteiger partial charge in [0.2, 0.25) is 0 Å². The Kier molecular flexibility index (Phi) is 5.19. The largest absolute Gasteiger partial charge is 0.372 e. The third-order valence-electron chi connectivity index (χ3n) is 5.51. The highest BCUT2D eigenvalue weighted by molar-refractivity contribution is 6.04. The van der Waals surface area contributed by atoms with Crippen LogP contribution in [-0.4, -0.2) is 29.1 Å². The first kappa shape index (κ1) is 19.0. The van der Waals surface area contributed by atoms with Crippen molar-refractivity contribution in [3.05, 3.63) is 11.1 Å². The maximum Gasteiger partial charge on any atom is 0.158 e. The van der Waals surface area contributed by atoms with E-state index in [1.54, 1.807) is 0 Å². The number of allylic oxidation sites excluding steroid dienone is 1. The standard InChI is InChI=1S/C20H30O4/c1-12(21)14(13(2)22)11-15-16-7-8-18(24-19(3,4)5)20(16,6)10-9-17(15)23/h14,18H,7-11H2,1-6H3/t18-,20-/m1/s1. The predicted molar refractivity (Wildman–Crippen MR) is 92.7 cm³/mol. The van der Waals surface area contributed by atoms with Gasteiger partial charge >= 0.3 is 0 Å². The molecular weight excluding hydrogens is 304 g/mol. The van der Waals surface area contributed by atoms with Gasteiger partial charge in [-0.15, -0.1) is 0 Å². The summed E-state index contributed by atoms with van der Waals surface area (Å²) in [7, 11) is 0. The van der Waals surface area contributed by atoms with Gasteiger partial charge in [-0.1, -0.05) is 12.5 Å². The Balaban J connectivity index is 2.37. The van der Waals surface area contributed by atoms with E-state index >= 15 is 0 Å². The summed E-state index contributed by atoms with van der Waals surface area (Å²) in [5, 5.41) is 0. The second kappa shape index (κ2) is 6.55. The first-order valence-corrected chi connectivity index (χ1v) is 8.90. The van der Waals surface area contributed by atoms with Crippen molar-refractivity contribution >= 4 is 17.3 Å². The van der Waals surface area contributed by atoms with Gasteiger partial charge in [0.05, 0.1) is 17.6 Å². The third kappa shape index (κ3) is 3.69. The van der Waals surface area contributed by atoms with E-state index in [4.69, 9.17) is 4.74 Å². The monoisotopic (exact) mass is 334 g/mol. The van der Waals surface area contributed by atoms with Crippen LogP contribution >= 0.6 is 0 Å². The first-order chi connectivity index (χ1) is 11.0. The maximum absolute atomic E-state index is 12.5. The highest BCUT2D eigenvalue weighted by Crippen LogP contribution is 2.53. The lowest BCUT2D eigenvalue weighted by Gasteiger charge is -2.40. The Labute approximate surface area is 145 Å². The summed E-state index contributed by atoms with van der Waals surface area (Å²) in [5.74, 6) is -0.903. The molecule has 4 nitrogen and oxygen atoms in total. The van der Waals surface area contributed by atoms with Crippen LogP contribution in [0.4, 0.5) is 0 Å². The van der Waals surface area contributed by atoms with Crippen molar-refractivity contribution in [2.24, 2.45) is 11.3 Å². The van der Waals surface area contributed by atoms with E-state index in [1.165, 1.54) is 13.8 Å². The number of Topliss-reactive ketones (excluding diaryl/α,β-unsaturated/α-hetero) is 3. The van der Waals surface area contributed by atoms with Crippen LogP contribution in [0.15, 0.2) is 11.1 Å². The predicted octanol–water partition coefficient (Wildman–Crippen LogP) is 3.81. The Morgan fingerprint density at radius 3 is 2.29 bits per heavy atom. The van der Waals surface area contributed by atoms with Crippen LogP contribution in [-0.2, 0) is 19.1 Å². The number of rotatable bonds is 5. The lowest BCUT2D eigenvalue weighted by molar-refractivity contribution is -0.130. The van der Waals surface area contributed by atoms with Gasteiger partial charge in [0.25, 0.3) is 0 Å². The molecule has 0 aromatic carbocycles. The van der Waals surface area contributed by atoms with E-state index < -0.39 is 5.92 Å². The number of hydrogen-bond donors (Lipinski definition) is 0. The molecule has 1 fully saturated rings. The SMILES string of the molecule is CC(=O)C(CC1=C2CC[C@@H](OC(C)(C)C)[C@]2(C)CCC1=O)C(C)=O. The van der Waals surface area contributed by atoms with Gasteiger partial charge in [0.15, 0.2) is 5.78 Å². The average Bonchev–Trinajstić information content (AvgIpc) is 2.73. The van der Waals surface area contributed by atoms with Crippen LogP contribution in [0.3, 0.4) is 0 Å². The quantitative estimate of drug-likeness (QED) is 0.717. The molecule has 0 unspecified atom stereocenters. The summed E-state index contributed by atoms with van der Waals surface area (Å²) >= 11 is 0. The lowest BCUT2D eigenvalue weighted by atomic mass is 9.69. The lowest BCUT2D eigenvalue weighted by Crippen LogP contribution is -2.40. The molecule has 0 saturated heterocycles. The van der Waals surface area contributed by atoms with Crippen molar-refractivity contribution in [1.29, 1.82) is 0 Å². The van der Waals surface area contributed by atoms with Crippen molar-refractivity contribution in [3.63, 3.8) is 0 Å². The fourth-order valence-corrected chi connectivity index (χ4v) is 4.20. The third-order valence-corrected chi connectivity index (χ3v) is 5.51. The molecule has 134 valence electrons. The molecule has 0 aliphatic heterocycles. The van der Waals surface area contributed by atoms with Crippen LogP contribution in [0.1, 0.15) is 73.6 Å². The first-order valence-electron chi connectivity index (χ1n) is 8.90.